The maximum absolute atomic E-state index is 8.34. The van der Waals surface area contributed by atoms with Crippen molar-refractivity contribution < 1.29 is 5.11 Å². The molecule has 0 bridgehead atoms. The Hall–Kier alpha value is 0.0700. The maximum atomic E-state index is 8.34. The first-order valence-corrected chi connectivity index (χ1v) is 3.03. The topological polar surface area (TPSA) is 23.5 Å². The molecule has 0 aliphatic carbocycles. The van der Waals surface area contributed by atoms with Gasteiger partial charge < -0.3 is 34.9 Å². The van der Waals surface area contributed by atoms with Gasteiger partial charge in [-0.1, -0.05) is 4.32 Å². The van der Waals surface area contributed by atoms with E-state index in [1.54, 1.807) is 11.9 Å². The van der Waals surface area contributed by atoms with Crippen molar-refractivity contribution in [3.05, 3.63) is 0 Å². The number of aliphatic hydroxyl groups excluding tert-OH is 1. The predicted molar refractivity (Wildman–Crippen MR) is 39.7 cm³/mol. The molecular weight excluding hydrogens is 142 g/mol. The predicted octanol–water partition coefficient (Wildman–Crippen LogP) is -0.258. The molecule has 0 aliphatic heterocycles. The summed E-state index contributed by atoms with van der Waals surface area (Å²) in [4.78, 5) is 1.64. The second kappa shape index (κ2) is 4.00. The van der Waals surface area contributed by atoms with Gasteiger partial charge in [0.1, 0.15) is 0 Å². The van der Waals surface area contributed by atoms with Crippen LogP contribution in [0.3, 0.4) is 0 Å². The Morgan fingerprint density at radius 2 is 2.38 bits per heavy atom. The largest absolute Gasteiger partial charge is 0.411 e. The van der Waals surface area contributed by atoms with Gasteiger partial charge in [-0.25, -0.2) is 0 Å². The van der Waals surface area contributed by atoms with Crippen molar-refractivity contribution in [1.29, 1.82) is 0 Å². The second-order valence-electron chi connectivity index (χ2n) is 1.41. The van der Waals surface area contributed by atoms with Crippen molar-refractivity contribution in [3.8, 4) is 0 Å². The fraction of sp³-hybridized carbons (Fsp3) is 0.750. The van der Waals surface area contributed by atoms with Crippen LogP contribution in [0.15, 0.2) is 0 Å². The van der Waals surface area contributed by atoms with Gasteiger partial charge in [0.05, 0.1) is 6.61 Å². The van der Waals surface area contributed by atoms with E-state index in [4.69, 9.17) is 5.11 Å². The summed E-state index contributed by atoms with van der Waals surface area (Å²) in [5, 5.41) is 8.34. The molecule has 8 heavy (non-hydrogen) atoms. The third-order valence-electron chi connectivity index (χ3n) is 0.747. The van der Waals surface area contributed by atoms with Gasteiger partial charge in [0.2, 0.25) is 0 Å². The SMILES string of the molecule is CN(CCO)C(=S)[S-]. The van der Waals surface area contributed by atoms with Crippen LogP contribution in [-0.2, 0) is 12.6 Å². The molecule has 0 saturated heterocycles. The lowest BCUT2D eigenvalue weighted by atomic mass is 10.6. The average molecular weight is 150 g/mol. The van der Waals surface area contributed by atoms with E-state index in [2.05, 4.69) is 24.8 Å². The lowest BCUT2D eigenvalue weighted by Crippen LogP contribution is -2.25. The normalized spacial score (nSPS) is 8.75. The third-order valence-corrected chi connectivity index (χ3v) is 1.37. The van der Waals surface area contributed by atoms with E-state index in [0.717, 1.165) is 0 Å². The second-order valence-corrected chi connectivity index (χ2v) is 2.44. The Bertz CT molecular complexity index is 86.1. The number of aliphatic hydroxyl groups is 1. The molecule has 0 aliphatic rings. The summed E-state index contributed by atoms with van der Waals surface area (Å²) >= 11 is 9.23. The van der Waals surface area contributed by atoms with E-state index in [-0.39, 0.29) is 6.61 Å². The minimum Gasteiger partial charge on any atom is -0.411 e. The number of hydrogen-bond acceptors (Lipinski definition) is 3. The van der Waals surface area contributed by atoms with E-state index >= 15 is 0 Å². The fourth-order valence-electron chi connectivity index (χ4n) is 0.241. The first-order chi connectivity index (χ1) is 3.68. The van der Waals surface area contributed by atoms with Crippen LogP contribution >= 0.6 is 12.2 Å². The Labute approximate surface area is 59.9 Å². The highest BCUT2D eigenvalue weighted by Gasteiger charge is 1.86. The highest BCUT2D eigenvalue weighted by molar-refractivity contribution is 8.00. The van der Waals surface area contributed by atoms with Gasteiger partial charge in [-0.05, 0) is 0 Å². The van der Waals surface area contributed by atoms with E-state index in [1.807, 2.05) is 0 Å². The molecule has 0 saturated carbocycles. The van der Waals surface area contributed by atoms with Crippen molar-refractivity contribution in [3.63, 3.8) is 0 Å². The Morgan fingerprint density at radius 1 is 1.88 bits per heavy atom. The quantitative estimate of drug-likeness (QED) is 0.433. The summed E-state index contributed by atoms with van der Waals surface area (Å²) < 4.78 is 0.402. The molecule has 0 aromatic heterocycles. The van der Waals surface area contributed by atoms with Crippen LogP contribution in [0.5, 0.6) is 0 Å². The van der Waals surface area contributed by atoms with Gasteiger partial charge in [0.15, 0.2) is 0 Å². The minimum absolute atomic E-state index is 0.104. The van der Waals surface area contributed by atoms with Gasteiger partial charge in [0.25, 0.3) is 0 Å². The lowest BCUT2D eigenvalue weighted by molar-refractivity contribution is 0.266. The molecule has 0 aromatic rings. The van der Waals surface area contributed by atoms with Crippen LogP contribution in [0, 0.1) is 0 Å². The van der Waals surface area contributed by atoms with Crippen LogP contribution in [0.25, 0.3) is 0 Å². The first kappa shape index (κ1) is 8.07. The summed E-state index contributed by atoms with van der Waals surface area (Å²) in [6.45, 7) is 0.635. The molecule has 0 heterocycles. The molecule has 4 heteroatoms. The van der Waals surface area contributed by atoms with Crippen LogP contribution in [-0.4, -0.2) is 34.5 Å². The summed E-state index contributed by atoms with van der Waals surface area (Å²) in [5.74, 6) is 0. The van der Waals surface area contributed by atoms with Crippen LogP contribution in [0.2, 0.25) is 0 Å². The number of thiocarbonyl (C=S) groups is 1. The van der Waals surface area contributed by atoms with Crippen molar-refractivity contribution in [2.75, 3.05) is 20.2 Å². The molecule has 0 rings (SSSR count). The van der Waals surface area contributed by atoms with E-state index in [1.165, 1.54) is 0 Å². The maximum Gasteiger partial charge on any atom is 0.0605 e. The minimum atomic E-state index is 0.104. The van der Waals surface area contributed by atoms with E-state index in [9.17, 15) is 0 Å². The molecule has 2 nitrogen and oxygen atoms in total. The van der Waals surface area contributed by atoms with Crippen molar-refractivity contribution in [2.24, 2.45) is 0 Å². The standard InChI is InChI=1S/C4H9NOS2/c1-5(2-3-6)4(7)8/h6H,2-3H2,1H3,(H,7,8)/p-1. The van der Waals surface area contributed by atoms with Gasteiger partial charge in [-0.2, -0.15) is 0 Å². The van der Waals surface area contributed by atoms with Crippen LogP contribution in [0.1, 0.15) is 0 Å². The molecule has 0 radical (unpaired) electrons. The monoisotopic (exact) mass is 150 g/mol. The van der Waals surface area contributed by atoms with Crippen molar-refractivity contribution in [2.45, 2.75) is 0 Å². The van der Waals surface area contributed by atoms with Crippen LogP contribution in [0.4, 0.5) is 0 Å². The van der Waals surface area contributed by atoms with Gasteiger partial charge in [-0.15, -0.1) is 0 Å². The zero-order valence-electron chi connectivity index (χ0n) is 4.63. The van der Waals surface area contributed by atoms with E-state index < -0.39 is 0 Å². The molecule has 48 valence electrons. The Kier molecular flexibility index (Phi) is 4.03. The summed E-state index contributed by atoms with van der Waals surface area (Å²) in [6, 6.07) is 0. The molecular formula is C4H8NOS2-. The molecule has 0 unspecified atom stereocenters. The highest BCUT2D eigenvalue weighted by atomic mass is 32.1. The summed E-state index contributed by atoms with van der Waals surface area (Å²) in [6.07, 6.45) is 0. The molecule has 1 N–H and O–H groups in total. The summed E-state index contributed by atoms with van der Waals surface area (Å²) in [7, 11) is 1.76. The highest BCUT2D eigenvalue weighted by Crippen LogP contribution is 1.82. The molecule has 0 atom stereocenters. The zero-order valence-corrected chi connectivity index (χ0v) is 6.26. The van der Waals surface area contributed by atoms with Crippen molar-refractivity contribution in [1.82, 2.24) is 4.90 Å². The molecule has 0 spiro atoms. The molecule has 0 aromatic carbocycles. The van der Waals surface area contributed by atoms with E-state index in [0.29, 0.717) is 10.9 Å². The summed E-state index contributed by atoms with van der Waals surface area (Å²) in [5.41, 5.74) is 0. The number of likely N-dealkylation sites (N-methyl/N-ethyl adjacent to an activating group) is 1. The zero-order chi connectivity index (χ0) is 6.57. The average Bonchev–Trinajstić information content (AvgIpc) is 1.67. The lowest BCUT2D eigenvalue weighted by Gasteiger charge is -2.21. The first-order valence-electron chi connectivity index (χ1n) is 2.21. The molecule has 0 fully saturated rings. The van der Waals surface area contributed by atoms with Crippen LogP contribution < -0.4 is 0 Å². The molecule has 0 amide bonds. The van der Waals surface area contributed by atoms with Crippen molar-refractivity contribution >= 4 is 29.2 Å². The fourth-order valence-corrected chi connectivity index (χ4v) is 0.424. The smallest absolute Gasteiger partial charge is 0.0605 e. The number of rotatable bonds is 2. The van der Waals surface area contributed by atoms with Gasteiger partial charge in [-0.3, -0.25) is 0 Å². The third kappa shape index (κ3) is 3.12. The Balaban J connectivity index is 3.32. The number of nitrogens with zero attached hydrogens (tertiary/aromatic N) is 1. The van der Waals surface area contributed by atoms with Gasteiger partial charge in [0, 0.05) is 13.6 Å². The van der Waals surface area contributed by atoms with Gasteiger partial charge >= 0.3 is 0 Å². The number of hydrogen-bond donors (Lipinski definition) is 1. The Morgan fingerprint density at radius 3 is 2.50 bits per heavy atom.